The van der Waals surface area contributed by atoms with Gasteiger partial charge in [-0.05, 0) is 92.1 Å². The zero-order chi connectivity index (χ0) is 30.9. The van der Waals surface area contributed by atoms with Gasteiger partial charge in [-0.1, -0.05) is 63.6 Å². The van der Waals surface area contributed by atoms with Crippen molar-refractivity contribution in [1.82, 2.24) is 4.98 Å². The number of nitrogens with one attached hydrogen (secondary N) is 1. The fourth-order valence-corrected chi connectivity index (χ4v) is 4.76. The molecule has 43 heavy (non-hydrogen) atoms. The van der Waals surface area contributed by atoms with Crippen LogP contribution in [0, 0.1) is 5.41 Å². The van der Waals surface area contributed by atoms with Crippen molar-refractivity contribution in [3.05, 3.63) is 89.2 Å². The minimum Gasteiger partial charge on any atom is -0.494 e. The van der Waals surface area contributed by atoms with Crippen molar-refractivity contribution in [2.75, 3.05) is 18.5 Å². The number of amides is 1. The van der Waals surface area contributed by atoms with E-state index in [-0.39, 0.29) is 12.3 Å². The first kappa shape index (κ1) is 33.5. The van der Waals surface area contributed by atoms with Gasteiger partial charge in [-0.3, -0.25) is 14.6 Å². The Labute approximate surface area is 256 Å². The van der Waals surface area contributed by atoms with Crippen molar-refractivity contribution in [2.45, 2.75) is 78.7 Å². The molecule has 0 atom stereocenters. The van der Waals surface area contributed by atoms with E-state index in [0.29, 0.717) is 31.7 Å². The van der Waals surface area contributed by atoms with Crippen LogP contribution in [0.15, 0.2) is 66.7 Å². The molecule has 3 aromatic rings. The number of carbonyl (C=O) groups excluding carboxylic acids is 1. The molecule has 1 heterocycles. The number of carboxylic acids is 1. The number of aromatic nitrogens is 1. The number of rotatable bonds is 19. The molecule has 0 bridgehead atoms. The minimum atomic E-state index is -1.04. The van der Waals surface area contributed by atoms with Gasteiger partial charge in [-0.25, -0.2) is 0 Å². The fraction of sp³-hybridized carbons (Fsp3) is 0.417. The van der Waals surface area contributed by atoms with Gasteiger partial charge < -0.3 is 19.9 Å². The van der Waals surface area contributed by atoms with Crippen LogP contribution in [-0.4, -0.2) is 35.2 Å². The summed E-state index contributed by atoms with van der Waals surface area (Å²) >= 11 is 0. The number of nitrogens with zero attached hydrogens (tertiary/aromatic N) is 1. The third-order valence-corrected chi connectivity index (χ3v) is 7.70. The van der Waals surface area contributed by atoms with Gasteiger partial charge in [-0.2, -0.15) is 0 Å². The second-order valence-electron chi connectivity index (χ2n) is 10.9. The molecule has 0 spiro atoms. The summed E-state index contributed by atoms with van der Waals surface area (Å²) in [6.45, 7) is 7.68. The number of aryl methyl sites for hydroxylation is 1. The third kappa shape index (κ3) is 11.3. The van der Waals surface area contributed by atoms with Gasteiger partial charge in [0.25, 0.3) is 0 Å². The van der Waals surface area contributed by atoms with Crippen LogP contribution in [0.5, 0.6) is 5.75 Å². The van der Waals surface area contributed by atoms with E-state index in [1.54, 1.807) is 19.9 Å². The maximum absolute atomic E-state index is 12.6. The summed E-state index contributed by atoms with van der Waals surface area (Å²) in [5.74, 6) is -0.300. The van der Waals surface area contributed by atoms with Gasteiger partial charge in [0.2, 0.25) is 5.91 Å². The molecule has 7 nitrogen and oxygen atoms in total. The van der Waals surface area contributed by atoms with Crippen molar-refractivity contribution in [2.24, 2.45) is 5.41 Å². The van der Waals surface area contributed by atoms with Crippen LogP contribution in [0.3, 0.4) is 0 Å². The molecule has 0 saturated carbocycles. The lowest BCUT2D eigenvalue weighted by atomic mass is 9.79. The topological polar surface area (TPSA) is 97.8 Å². The zero-order valence-electron chi connectivity index (χ0n) is 25.8. The molecule has 0 aliphatic heterocycles. The van der Waals surface area contributed by atoms with Crippen molar-refractivity contribution in [3.8, 4) is 5.75 Å². The first-order valence-electron chi connectivity index (χ1n) is 15.4. The Morgan fingerprint density at radius 2 is 1.67 bits per heavy atom. The van der Waals surface area contributed by atoms with Crippen LogP contribution in [-0.2, 0) is 27.4 Å². The molecule has 230 valence electrons. The van der Waals surface area contributed by atoms with E-state index in [0.717, 1.165) is 61.4 Å². The lowest BCUT2D eigenvalue weighted by molar-refractivity contribution is -0.151. The van der Waals surface area contributed by atoms with Crippen molar-refractivity contribution < 1.29 is 24.2 Å². The van der Waals surface area contributed by atoms with Crippen LogP contribution in [0.2, 0.25) is 0 Å². The summed E-state index contributed by atoms with van der Waals surface area (Å²) in [5, 5.41) is 12.5. The van der Waals surface area contributed by atoms with Gasteiger partial charge in [0.1, 0.15) is 5.75 Å². The van der Waals surface area contributed by atoms with E-state index >= 15 is 0 Å². The van der Waals surface area contributed by atoms with E-state index < -0.39 is 11.4 Å². The Balaban J connectivity index is 1.42. The molecule has 0 aliphatic rings. The average molecular weight is 587 g/mol. The Kier molecular flexibility index (Phi) is 13.9. The van der Waals surface area contributed by atoms with Gasteiger partial charge in [-0.15, -0.1) is 0 Å². The van der Waals surface area contributed by atoms with E-state index in [4.69, 9.17) is 9.47 Å². The second kappa shape index (κ2) is 17.9. The maximum atomic E-state index is 12.6. The molecular formula is C36H46N2O5. The van der Waals surface area contributed by atoms with E-state index in [2.05, 4.69) is 41.5 Å². The standard InChI is InChI=1S/C36H46N2O5/c1-4-7-24-43-33-21-18-28(19-22-33)12-8-9-23-42-27-32-16-11-14-30(37-32)20-17-29-13-10-15-31(25-29)38-34(39)26-36(5-2,6-3)35(40)41/h10-11,13-22,25H,4-9,12,23-24,26-27H2,1-3H3,(H,38,39)(H,40,41)/b20-17+. The molecule has 3 rings (SSSR count). The molecular weight excluding hydrogens is 540 g/mol. The lowest BCUT2D eigenvalue weighted by Gasteiger charge is -2.25. The number of benzene rings is 2. The average Bonchev–Trinajstić information content (AvgIpc) is 3.01. The number of carbonyl (C=O) groups is 2. The highest BCUT2D eigenvalue weighted by atomic mass is 16.5. The highest BCUT2D eigenvalue weighted by molar-refractivity contribution is 5.94. The number of hydrogen-bond acceptors (Lipinski definition) is 5. The molecule has 0 radical (unpaired) electrons. The van der Waals surface area contributed by atoms with Gasteiger partial charge >= 0.3 is 5.97 Å². The Morgan fingerprint density at radius 3 is 2.40 bits per heavy atom. The number of unbranched alkanes of at least 4 members (excludes halogenated alkanes) is 2. The summed E-state index contributed by atoms with van der Waals surface area (Å²) in [7, 11) is 0. The Hall–Kier alpha value is -3.97. The number of anilines is 1. The highest BCUT2D eigenvalue weighted by Crippen LogP contribution is 2.31. The number of ether oxygens (including phenoxy) is 2. The SMILES string of the molecule is CCCCOc1ccc(CCCCOCc2cccc(/C=C/c3cccc(NC(=O)CC(CC)(CC)C(=O)O)c3)n2)cc1. The summed E-state index contributed by atoms with van der Waals surface area (Å²) in [4.78, 5) is 29.1. The van der Waals surface area contributed by atoms with Crippen LogP contribution in [0.1, 0.15) is 88.2 Å². The minimum absolute atomic E-state index is 0.0585. The largest absolute Gasteiger partial charge is 0.494 e. The molecule has 0 saturated heterocycles. The maximum Gasteiger partial charge on any atom is 0.310 e. The van der Waals surface area contributed by atoms with Crippen LogP contribution in [0.4, 0.5) is 5.69 Å². The van der Waals surface area contributed by atoms with E-state index in [9.17, 15) is 14.7 Å². The monoisotopic (exact) mass is 586 g/mol. The normalized spacial score (nSPS) is 11.5. The van der Waals surface area contributed by atoms with Crippen LogP contribution in [0.25, 0.3) is 12.2 Å². The first-order chi connectivity index (χ1) is 20.9. The molecule has 1 aromatic heterocycles. The van der Waals surface area contributed by atoms with E-state index in [1.807, 2.05) is 48.6 Å². The smallest absolute Gasteiger partial charge is 0.310 e. The predicted molar refractivity (Wildman–Crippen MR) is 173 cm³/mol. The molecule has 0 aliphatic carbocycles. The van der Waals surface area contributed by atoms with Gasteiger partial charge in [0.05, 0.1) is 30.0 Å². The van der Waals surface area contributed by atoms with Crippen LogP contribution < -0.4 is 10.1 Å². The summed E-state index contributed by atoms with van der Waals surface area (Å²) in [6, 6.07) is 21.7. The molecule has 2 N–H and O–H groups in total. The molecule has 7 heteroatoms. The van der Waals surface area contributed by atoms with Crippen LogP contribution >= 0.6 is 0 Å². The Morgan fingerprint density at radius 1 is 0.907 bits per heavy atom. The third-order valence-electron chi connectivity index (χ3n) is 7.70. The van der Waals surface area contributed by atoms with Gasteiger partial charge in [0, 0.05) is 18.7 Å². The molecule has 2 aromatic carbocycles. The second-order valence-corrected chi connectivity index (χ2v) is 10.9. The molecule has 0 fully saturated rings. The molecule has 1 amide bonds. The fourth-order valence-electron chi connectivity index (χ4n) is 4.76. The van der Waals surface area contributed by atoms with Crippen molar-refractivity contribution in [3.63, 3.8) is 0 Å². The lowest BCUT2D eigenvalue weighted by Crippen LogP contribution is -2.34. The zero-order valence-corrected chi connectivity index (χ0v) is 25.8. The Bertz CT molecular complexity index is 1320. The predicted octanol–water partition coefficient (Wildman–Crippen LogP) is 8.19. The number of pyridine rings is 1. The highest BCUT2D eigenvalue weighted by Gasteiger charge is 2.37. The quantitative estimate of drug-likeness (QED) is 0.137. The summed E-state index contributed by atoms with van der Waals surface area (Å²) in [6.07, 6.45) is 9.87. The number of aliphatic carboxylic acids is 1. The van der Waals surface area contributed by atoms with E-state index in [1.165, 1.54) is 5.56 Å². The van der Waals surface area contributed by atoms with Crippen molar-refractivity contribution in [1.29, 1.82) is 0 Å². The number of carboxylic acid groups (broad SMARTS) is 1. The van der Waals surface area contributed by atoms with Gasteiger partial charge in [0.15, 0.2) is 0 Å². The summed E-state index contributed by atoms with van der Waals surface area (Å²) < 4.78 is 11.6. The number of hydrogen-bond donors (Lipinski definition) is 2. The molecule has 0 unspecified atom stereocenters. The summed E-state index contributed by atoms with van der Waals surface area (Å²) in [5.41, 5.74) is 3.48. The van der Waals surface area contributed by atoms with Crippen molar-refractivity contribution >= 4 is 29.7 Å². The first-order valence-corrected chi connectivity index (χ1v) is 15.4.